The van der Waals surface area contributed by atoms with Crippen LogP contribution < -0.4 is 0 Å². The number of carboxylic acid groups (broad SMARTS) is 1. The van der Waals surface area contributed by atoms with E-state index >= 15 is 0 Å². The molecule has 100 valence electrons. The van der Waals surface area contributed by atoms with Gasteiger partial charge in [0, 0.05) is 13.0 Å². The van der Waals surface area contributed by atoms with Gasteiger partial charge in [-0.1, -0.05) is 0 Å². The second-order valence-electron chi connectivity index (χ2n) is 3.60. The predicted octanol–water partition coefficient (Wildman–Crippen LogP) is 1.90. The smallest absolute Gasteiger partial charge is 0.318 e. The van der Waals surface area contributed by atoms with E-state index in [9.17, 15) is 23.7 Å². The highest BCUT2D eigenvalue weighted by Gasteiger charge is 2.30. The lowest BCUT2D eigenvalue weighted by Crippen LogP contribution is -2.05. The number of rotatable bonds is 6. The van der Waals surface area contributed by atoms with E-state index in [2.05, 4.69) is 5.10 Å². The third-order valence-corrected chi connectivity index (χ3v) is 2.35. The van der Waals surface area contributed by atoms with Gasteiger partial charge in [0.2, 0.25) is 5.69 Å². The first-order valence-electron chi connectivity index (χ1n) is 5.06. The van der Waals surface area contributed by atoms with Crippen LogP contribution in [0.5, 0.6) is 0 Å². The van der Waals surface area contributed by atoms with Gasteiger partial charge in [-0.15, -0.1) is 0 Å². The molecule has 0 spiro atoms. The lowest BCUT2D eigenvalue weighted by molar-refractivity contribution is -0.386. The minimum Gasteiger partial charge on any atom is -0.481 e. The largest absolute Gasteiger partial charge is 0.481 e. The zero-order chi connectivity index (χ0) is 13.9. The fourth-order valence-corrected chi connectivity index (χ4v) is 1.53. The van der Waals surface area contributed by atoms with Crippen molar-refractivity contribution in [3.63, 3.8) is 0 Å². The Labute approximate surface area is 100 Å². The zero-order valence-corrected chi connectivity index (χ0v) is 9.47. The van der Waals surface area contributed by atoms with Crippen molar-refractivity contribution in [2.45, 2.75) is 32.7 Å². The van der Waals surface area contributed by atoms with E-state index in [-0.39, 0.29) is 25.1 Å². The molecule has 0 aromatic carbocycles. The molecule has 0 saturated carbocycles. The molecule has 0 radical (unpaired) electrons. The van der Waals surface area contributed by atoms with Crippen LogP contribution in [0.3, 0.4) is 0 Å². The van der Waals surface area contributed by atoms with Gasteiger partial charge in [0.15, 0.2) is 0 Å². The van der Waals surface area contributed by atoms with Gasteiger partial charge in [-0.05, 0) is 13.3 Å². The Balaban J connectivity index is 2.96. The Morgan fingerprint density at radius 1 is 1.61 bits per heavy atom. The molecule has 0 aliphatic heterocycles. The summed E-state index contributed by atoms with van der Waals surface area (Å²) in [6.07, 6.45) is -3.03. The first-order chi connectivity index (χ1) is 8.34. The van der Waals surface area contributed by atoms with Crippen LogP contribution in [-0.4, -0.2) is 25.8 Å². The van der Waals surface area contributed by atoms with E-state index in [0.717, 1.165) is 4.68 Å². The number of carboxylic acids is 1. The first-order valence-corrected chi connectivity index (χ1v) is 5.06. The van der Waals surface area contributed by atoms with E-state index < -0.39 is 28.7 Å². The maximum atomic E-state index is 12.6. The maximum absolute atomic E-state index is 12.6. The Kier molecular flexibility index (Phi) is 4.29. The quantitative estimate of drug-likeness (QED) is 0.624. The van der Waals surface area contributed by atoms with Gasteiger partial charge in [0.1, 0.15) is 5.69 Å². The predicted molar refractivity (Wildman–Crippen MR) is 55.4 cm³/mol. The number of hydrogen-bond donors (Lipinski definition) is 1. The van der Waals surface area contributed by atoms with Crippen LogP contribution in [0.15, 0.2) is 0 Å². The van der Waals surface area contributed by atoms with Crippen molar-refractivity contribution in [1.29, 1.82) is 0 Å². The van der Waals surface area contributed by atoms with Gasteiger partial charge in [-0.2, -0.15) is 5.10 Å². The SMILES string of the molecule is Cc1c([N+](=O)[O-])c(C(F)F)nn1CCCC(=O)O. The van der Waals surface area contributed by atoms with Crippen LogP contribution in [0.2, 0.25) is 0 Å². The molecule has 0 fully saturated rings. The van der Waals surface area contributed by atoms with Gasteiger partial charge in [-0.3, -0.25) is 19.6 Å². The van der Waals surface area contributed by atoms with Crippen LogP contribution in [0.1, 0.15) is 30.7 Å². The second-order valence-corrected chi connectivity index (χ2v) is 3.60. The van der Waals surface area contributed by atoms with E-state index in [4.69, 9.17) is 5.11 Å². The molecule has 0 bridgehead atoms. The average Bonchev–Trinajstić information content (AvgIpc) is 2.56. The normalized spacial score (nSPS) is 10.9. The van der Waals surface area contributed by atoms with E-state index in [0.29, 0.717) is 0 Å². The summed E-state index contributed by atoms with van der Waals surface area (Å²) in [6.45, 7) is 1.35. The van der Waals surface area contributed by atoms with Crippen LogP contribution in [0, 0.1) is 17.0 Å². The number of aliphatic carboxylic acids is 1. The number of carbonyl (C=O) groups is 1. The van der Waals surface area contributed by atoms with Gasteiger partial charge in [0.05, 0.1) is 4.92 Å². The molecular weight excluding hydrogens is 252 g/mol. The number of halogens is 2. The lowest BCUT2D eigenvalue weighted by atomic mass is 10.3. The van der Waals surface area contributed by atoms with Crippen molar-refractivity contribution in [3.8, 4) is 0 Å². The van der Waals surface area contributed by atoms with E-state index in [1.54, 1.807) is 0 Å². The van der Waals surface area contributed by atoms with Crippen LogP contribution in [0.25, 0.3) is 0 Å². The van der Waals surface area contributed by atoms with Crippen LogP contribution in [0.4, 0.5) is 14.5 Å². The van der Waals surface area contributed by atoms with Crippen molar-refractivity contribution in [3.05, 3.63) is 21.5 Å². The molecule has 7 nitrogen and oxygen atoms in total. The minimum atomic E-state index is -3.04. The highest BCUT2D eigenvalue weighted by Crippen LogP contribution is 2.30. The molecule has 0 unspecified atom stereocenters. The van der Waals surface area contributed by atoms with Gasteiger partial charge < -0.3 is 5.11 Å². The maximum Gasteiger partial charge on any atom is 0.318 e. The van der Waals surface area contributed by atoms with E-state index in [1.807, 2.05) is 0 Å². The summed E-state index contributed by atoms with van der Waals surface area (Å²) in [7, 11) is 0. The van der Waals surface area contributed by atoms with Gasteiger partial charge in [0.25, 0.3) is 6.43 Å². The number of nitrogens with zero attached hydrogens (tertiary/aromatic N) is 3. The Morgan fingerprint density at radius 3 is 2.61 bits per heavy atom. The molecule has 0 atom stereocenters. The molecule has 0 aliphatic rings. The van der Waals surface area contributed by atoms with Crippen LogP contribution >= 0.6 is 0 Å². The summed E-state index contributed by atoms with van der Waals surface area (Å²) in [6, 6.07) is 0. The molecule has 1 N–H and O–H groups in total. The molecule has 9 heteroatoms. The van der Waals surface area contributed by atoms with Crippen LogP contribution in [-0.2, 0) is 11.3 Å². The first kappa shape index (κ1) is 14.0. The summed E-state index contributed by atoms with van der Waals surface area (Å²) < 4.78 is 26.2. The van der Waals surface area contributed by atoms with Crippen molar-refractivity contribution in [2.24, 2.45) is 0 Å². The molecule has 18 heavy (non-hydrogen) atoms. The molecule has 1 aromatic rings. The number of alkyl halides is 2. The third kappa shape index (κ3) is 2.99. The van der Waals surface area contributed by atoms with Crippen molar-refractivity contribution < 1.29 is 23.6 Å². The Hall–Kier alpha value is -2.06. The lowest BCUT2D eigenvalue weighted by Gasteiger charge is -2.01. The van der Waals surface area contributed by atoms with Gasteiger partial charge >= 0.3 is 11.7 Å². The molecule has 1 rings (SSSR count). The van der Waals surface area contributed by atoms with Crippen molar-refractivity contribution >= 4 is 11.7 Å². The highest BCUT2D eigenvalue weighted by molar-refractivity contribution is 5.66. The number of nitro groups is 1. The number of hydrogen-bond acceptors (Lipinski definition) is 4. The topological polar surface area (TPSA) is 98.3 Å². The molecule has 1 aromatic heterocycles. The summed E-state index contributed by atoms with van der Waals surface area (Å²) >= 11 is 0. The summed E-state index contributed by atoms with van der Waals surface area (Å²) in [4.78, 5) is 20.1. The molecule has 0 amide bonds. The number of aryl methyl sites for hydroxylation is 1. The van der Waals surface area contributed by atoms with E-state index in [1.165, 1.54) is 6.92 Å². The molecule has 0 saturated heterocycles. The highest BCUT2D eigenvalue weighted by atomic mass is 19.3. The number of aromatic nitrogens is 2. The van der Waals surface area contributed by atoms with Crippen molar-refractivity contribution in [2.75, 3.05) is 0 Å². The fraction of sp³-hybridized carbons (Fsp3) is 0.556. The summed E-state index contributed by atoms with van der Waals surface area (Å²) in [5.74, 6) is -1.02. The third-order valence-electron chi connectivity index (χ3n) is 2.35. The Morgan fingerprint density at radius 2 is 2.22 bits per heavy atom. The summed E-state index contributed by atoms with van der Waals surface area (Å²) in [5, 5.41) is 22.6. The Bertz CT molecular complexity index is 473. The molecule has 1 heterocycles. The zero-order valence-electron chi connectivity index (χ0n) is 9.47. The second kappa shape index (κ2) is 5.52. The van der Waals surface area contributed by atoms with Gasteiger partial charge in [-0.25, -0.2) is 8.78 Å². The molecule has 0 aliphatic carbocycles. The standard InChI is InChI=1S/C9H11F2N3O4/c1-5-8(14(17)18)7(9(10)11)12-13(5)4-2-3-6(15)16/h9H,2-4H2,1H3,(H,15,16). The molecular formula is C9H11F2N3O4. The summed E-state index contributed by atoms with van der Waals surface area (Å²) in [5.41, 5.74) is -1.59. The average molecular weight is 263 g/mol. The van der Waals surface area contributed by atoms with Crippen molar-refractivity contribution in [1.82, 2.24) is 9.78 Å². The minimum absolute atomic E-state index is 0.000638. The monoisotopic (exact) mass is 263 g/mol. The fourth-order valence-electron chi connectivity index (χ4n) is 1.53.